The van der Waals surface area contributed by atoms with E-state index in [1.54, 1.807) is 11.1 Å². The lowest BCUT2D eigenvalue weighted by molar-refractivity contribution is -0.129. The summed E-state index contributed by atoms with van der Waals surface area (Å²) in [5.41, 5.74) is 2.11. The molecule has 2 aliphatic heterocycles. The van der Waals surface area contributed by atoms with Crippen LogP contribution < -0.4 is 10.6 Å². The van der Waals surface area contributed by atoms with Crippen molar-refractivity contribution >= 4 is 30.3 Å². The minimum atomic E-state index is -0.225. The Morgan fingerprint density at radius 2 is 2.12 bits per heavy atom. The van der Waals surface area contributed by atoms with Crippen molar-refractivity contribution in [3.8, 4) is 0 Å². The van der Waals surface area contributed by atoms with Crippen molar-refractivity contribution < 1.29 is 9.59 Å². The lowest BCUT2D eigenvalue weighted by atomic mass is 9.93. The van der Waals surface area contributed by atoms with Gasteiger partial charge in [0, 0.05) is 19.7 Å². The van der Waals surface area contributed by atoms with Crippen molar-refractivity contribution in [3.63, 3.8) is 0 Å². The van der Waals surface area contributed by atoms with Crippen LogP contribution >= 0.6 is 12.4 Å². The Morgan fingerprint density at radius 3 is 2.84 bits per heavy atom. The normalized spacial score (nSPS) is 21.4. The molecule has 25 heavy (non-hydrogen) atoms. The van der Waals surface area contributed by atoms with Gasteiger partial charge in [-0.3, -0.25) is 9.59 Å². The average molecular weight is 364 g/mol. The second-order valence-electron chi connectivity index (χ2n) is 6.59. The Morgan fingerprint density at radius 1 is 1.32 bits per heavy atom. The van der Waals surface area contributed by atoms with Gasteiger partial charge in [-0.2, -0.15) is 0 Å². The number of carbonyl (C=O) groups is 2. The van der Waals surface area contributed by atoms with Crippen molar-refractivity contribution in [1.82, 2.24) is 15.5 Å². The second-order valence-corrected chi connectivity index (χ2v) is 6.59. The maximum absolute atomic E-state index is 12.4. The van der Waals surface area contributed by atoms with Crippen molar-refractivity contribution in [2.24, 2.45) is 5.92 Å². The zero-order valence-electron chi connectivity index (χ0n) is 14.5. The first-order valence-electron chi connectivity index (χ1n) is 8.68. The molecule has 2 amide bonds. The number of carbonyl (C=O) groups excluding carboxylic acids is 2. The van der Waals surface area contributed by atoms with E-state index < -0.39 is 0 Å². The number of nitrogens with one attached hydrogen (secondary N) is 2. The highest BCUT2D eigenvalue weighted by molar-refractivity contribution is 5.85. The first-order valence-corrected chi connectivity index (χ1v) is 8.68. The second kappa shape index (κ2) is 9.02. The standard InChI is InChI=1S/C19H25N3O2.ClH/c1-14(23)22-11-8-16-4-2-3-5-17(16)18(22)12-19(24)21-10-7-15-6-9-20-13-15;/h2-5,8,11,15,18,20H,6-7,9-10,12-13H2,1H3,(H,21,24);1H. The van der Waals surface area contributed by atoms with Crippen LogP contribution in [0.2, 0.25) is 0 Å². The Balaban J connectivity index is 0.00000225. The fourth-order valence-electron chi connectivity index (χ4n) is 3.54. The van der Waals surface area contributed by atoms with Crippen LogP contribution in [0.15, 0.2) is 30.5 Å². The Kier molecular flexibility index (Phi) is 7.02. The molecule has 0 saturated carbocycles. The van der Waals surface area contributed by atoms with Crippen LogP contribution in [0.25, 0.3) is 6.08 Å². The lowest BCUT2D eigenvalue weighted by Gasteiger charge is -2.32. The summed E-state index contributed by atoms with van der Waals surface area (Å²) >= 11 is 0. The first-order chi connectivity index (χ1) is 11.6. The smallest absolute Gasteiger partial charge is 0.223 e. The van der Waals surface area contributed by atoms with Gasteiger partial charge in [-0.15, -0.1) is 12.4 Å². The van der Waals surface area contributed by atoms with E-state index in [-0.39, 0.29) is 30.3 Å². The zero-order valence-corrected chi connectivity index (χ0v) is 15.3. The highest BCUT2D eigenvalue weighted by Crippen LogP contribution is 2.32. The van der Waals surface area contributed by atoms with E-state index in [1.165, 1.54) is 13.3 Å². The van der Waals surface area contributed by atoms with Gasteiger partial charge in [0.05, 0.1) is 12.5 Å². The van der Waals surface area contributed by atoms with E-state index in [4.69, 9.17) is 0 Å². The fraction of sp³-hybridized carbons (Fsp3) is 0.474. The van der Waals surface area contributed by atoms with Gasteiger partial charge >= 0.3 is 0 Å². The molecule has 6 heteroatoms. The van der Waals surface area contributed by atoms with Gasteiger partial charge in [0.1, 0.15) is 0 Å². The molecule has 5 nitrogen and oxygen atoms in total. The maximum atomic E-state index is 12.4. The Hall–Kier alpha value is -1.85. The number of hydrogen-bond acceptors (Lipinski definition) is 3. The maximum Gasteiger partial charge on any atom is 0.223 e. The summed E-state index contributed by atoms with van der Waals surface area (Å²) in [6.45, 7) is 4.37. The molecule has 2 atom stereocenters. The number of halogens is 1. The molecule has 0 spiro atoms. The SMILES string of the molecule is CC(=O)N1C=Cc2ccccc2C1CC(=O)NCCC1CCNC1.Cl. The number of amides is 2. The molecular formula is C19H26ClN3O2. The molecule has 2 unspecified atom stereocenters. The van der Waals surface area contributed by atoms with Gasteiger partial charge in [-0.1, -0.05) is 24.3 Å². The third-order valence-corrected chi connectivity index (χ3v) is 4.88. The van der Waals surface area contributed by atoms with Gasteiger partial charge < -0.3 is 15.5 Å². The average Bonchev–Trinajstić information content (AvgIpc) is 3.08. The van der Waals surface area contributed by atoms with Crippen molar-refractivity contribution in [3.05, 3.63) is 41.6 Å². The molecule has 2 aliphatic rings. The summed E-state index contributed by atoms with van der Waals surface area (Å²) in [5, 5.41) is 6.36. The molecule has 2 N–H and O–H groups in total. The molecule has 3 rings (SSSR count). The van der Waals surface area contributed by atoms with Gasteiger partial charge in [0.25, 0.3) is 0 Å². The molecule has 0 radical (unpaired) electrons. The summed E-state index contributed by atoms with van der Waals surface area (Å²) in [6, 6.07) is 7.71. The largest absolute Gasteiger partial charge is 0.356 e. The van der Waals surface area contributed by atoms with Gasteiger partial charge in [-0.05, 0) is 49.1 Å². The monoisotopic (exact) mass is 363 g/mol. The molecule has 0 aliphatic carbocycles. The molecule has 1 aromatic carbocycles. The molecular weight excluding hydrogens is 338 g/mol. The minimum Gasteiger partial charge on any atom is -0.356 e. The highest BCUT2D eigenvalue weighted by atomic mass is 35.5. The van der Waals surface area contributed by atoms with Crippen molar-refractivity contribution in [2.75, 3.05) is 19.6 Å². The third-order valence-electron chi connectivity index (χ3n) is 4.88. The lowest BCUT2D eigenvalue weighted by Crippen LogP contribution is -2.35. The summed E-state index contributed by atoms with van der Waals surface area (Å²) in [6.07, 6.45) is 6.21. The predicted molar refractivity (Wildman–Crippen MR) is 101 cm³/mol. The van der Waals surface area contributed by atoms with E-state index >= 15 is 0 Å². The first kappa shape index (κ1) is 19.5. The zero-order chi connectivity index (χ0) is 16.9. The Labute approximate surface area is 155 Å². The van der Waals surface area contributed by atoms with E-state index in [2.05, 4.69) is 10.6 Å². The molecule has 0 aromatic heterocycles. The molecule has 136 valence electrons. The molecule has 0 bridgehead atoms. The third kappa shape index (κ3) is 4.83. The van der Waals surface area contributed by atoms with Crippen molar-refractivity contribution in [1.29, 1.82) is 0 Å². The summed E-state index contributed by atoms with van der Waals surface area (Å²) in [5.74, 6) is 0.621. The number of fused-ring (bicyclic) bond motifs is 1. The van der Waals surface area contributed by atoms with Crippen LogP contribution in [0.4, 0.5) is 0 Å². The topological polar surface area (TPSA) is 61.4 Å². The van der Waals surface area contributed by atoms with E-state index in [1.807, 2.05) is 30.3 Å². The van der Waals surface area contributed by atoms with E-state index in [0.29, 0.717) is 18.9 Å². The highest BCUT2D eigenvalue weighted by Gasteiger charge is 2.28. The van der Waals surface area contributed by atoms with E-state index in [0.717, 1.165) is 30.6 Å². The minimum absolute atomic E-state index is 0. The molecule has 1 fully saturated rings. The van der Waals surface area contributed by atoms with E-state index in [9.17, 15) is 9.59 Å². The number of hydrogen-bond donors (Lipinski definition) is 2. The van der Waals surface area contributed by atoms with Gasteiger partial charge in [0.2, 0.25) is 11.8 Å². The molecule has 1 saturated heterocycles. The summed E-state index contributed by atoms with van der Waals surface area (Å²) in [7, 11) is 0. The van der Waals surface area contributed by atoms with Gasteiger partial charge in [0.15, 0.2) is 0 Å². The van der Waals surface area contributed by atoms with Crippen LogP contribution in [-0.4, -0.2) is 36.3 Å². The quantitative estimate of drug-likeness (QED) is 0.844. The van der Waals surface area contributed by atoms with Crippen LogP contribution in [0.5, 0.6) is 0 Å². The van der Waals surface area contributed by atoms with Crippen molar-refractivity contribution in [2.45, 2.75) is 32.2 Å². The predicted octanol–water partition coefficient (Wildman–Crippen LogP) is 2.49. The number of rotatable bonds is 5. The van der Waals surface area contributed by atoms with Crippen LogP contribution in [0.1, 0.15) is 43.4 Å². The van der Waals surface area contributed by atoms with Gasteiger partial charge in [-0.25, -0.2) is 0 Å². The number of nitrogens with zero attached hydrogens (tertiary/aromatic N) is 1. The molecule has 1 aromatic rings. The van der Waals surface area contributed by atoms with Crippen LogP contribution in [0.3, 0.4) is 0 Å². The summed E-state index contributed by atoms with van der Waals surface area (Å²) < 4.78 is 0. The van der Waals surface area contributed by atoms with Crippen LogP contribution in [-0.2, 0) is 9.59 Å². The molecule has 2 heterocycles. The number of benzene rings is 1. The fourth-order valence-corrected chi connectivity index (χ4v) is 3.54. The van der Waals surface area contributed by atoms with Crippen LogP contribution in [0, 0.1) is 5.92 Å². The Bertz CT molecular complexity index is 641. The summed E-state index contributed by atoms with van der Waals surface area (Å²) in [4.78, 5) is 26.0.